The lowest BCUT2D eigenvalue weighted by atomic mass is 9.76. The molecule has 4 nitrogen and oxygen atoms in total. The van der Waals surface area contributed by atoms with Crippen molar-refractivity contribution in [1.82, 2.24) is 0 Å². The number of hydrogen-bond acceptors (Lipinski definition) is 4. The lowest BCUT2D eigenvalue weighted by Gasteiger charge is -2.41. The Morgan fingerprint density at radius 1 is 1.04 bits per heavy atom. The zero-order chi connectivity index (χ0) is 19.3. The van der Waals surface area contributed by atoms with Gasteiger partial charge in [0.25, 0.3) is 0 Å². The molecule has 2 saturated heterocycles. The average Bonchev–Trinajstić information content (AvgIpc) is 2.74. The van der Waals surface area contributed by atoms with Crippen LogP contribution in [0, 0.1) is 5.82 Å². The van der Waals surface area contributed by atoms with E-state index < -0.39 is 0 Å². The summed E-state index contributed by atoms with van der Waals surface area (Å²) >= 11 is 0. The number of ether oxygens (including phenoxy) is 2. The molecule has 2 aliphatic heterocycles. The van der Waals surface area contributed by atoms with E-state index in [1.54, 1.807) is 12.1 Å². The van der Waals surface area contributed by atoms with Gasteiger partial charge in [-0.15, -0.1) is 0 Å². The number of hydrogen-bond donors (Lipinski definition) is 0. The van der Waals surface area contributed by atoms with Crippen LogP contribution in [0.15, 0.2) is 48.5 Å². The first-order valence-corrected chi connectivity index (χ1v) is 10.1. The van der Waals surface area contributed by atoms with Crippen LogP contribution >= 0.6 is 0 Å². The molecule has 2 aromatic carbocycles. The molecule has 0 unspecified atom stereocenters. The van der Waals surface area contributed by atoms with Crippen LogP contribution in [0.25, 0.3) is 0 Å². The third-order valence-corrected chi connectivity index (χ3v) is 5.34. The van der Waals surface area contributed by atoms with Gasteiger partial charge in [-0.05, 0) is 54.6 Å². The summed E-state index contributed by atoms with van der Waals surface area (Å²) in [5.74, 6) is 0.639. The monoisotopic (exact) mass is 384 g/mol. The minimum Gasteiger partial charge on any atom is -0.494 e. The van der Waals surface area contributed by atoms with Crippen LogP contribution in [0.2, 0.25) is 0 Å². The second-order valence-electron chi connectivity index (χ2n) is 7.40. The van der Waals surface area contributed by atoms with Gasteiger partial charge in [-0.25, -0.2) is 4.39 Å². The Labute approximate surface area is 166 Å². The van der Waals surface area contributed by atoms with Crippen LogP contribution in [0.4, 0.5) is 4.39 Å². The van der Waals surface area contributed by atoms with Gasteiger partial charge < -0.3 is 18.8 Å². The fourth-order valence-electron chi connectivity index (χ4n) is 3.70. The van der Waals surface area contributed by atoms with Gasteiger partial charge in [0.1, 0.15) is 17.7 Å². The Bertz CT molecular complexity index is 752. The normalized spacial score (nSPS) is 24.6. The van der Waals surface area contributed by atoms with E-state index in [0.717, 1.165) is 49.1 Å². The highest BCUT2D eigenvalue weighted by Gasteiger charge is 2.41. The molecule has 2 aliphatic rings. The minimum absolute atomic E-state index is 0.0101. The highest BCUT2D eigenvalue weighted by molar-refractivity contribution is 6.61. The SMILES string of the molecule is CCCCOc1ccc(B2OC[C@H]3O[C@@H](c4ccc(F)cc4)CC[C@@H]3O2)cc1. The summed E-state index contributed by atoms with van der Waals surface area (Å²) < 4.78 is 37.1. The summed E-state index contributed by atoms with van der Waals surface area (Å²) in [5, 5.41) is 0. The van der Waals surface area contributed by atoms with E-state index in [2.05, 4.69) is 6.92 Å². The van der Waals surface area contributed by atoms with Crippen LogP contribution in [0.5, 0.6) is 5.75 Å². The third-order valence-electron chi connectivity index (χ3n) is 5.34. The molecule has 0 aromatic heterocycles. The number of halogens is 1. The van der Waals surface area contributed by atoms with Gasteiger partial charge in [-0.2, -0.15) is 0 Å². The van der Waals surface area contributed by atoms with E-state index >= 15 is 0 Å². The van der Waals surface area contributed by atoms with Gasteiger partial charge in [0.05, 0.1) is 25.4 Å². The van der Waals surface area contributed by atoms with E-state index in [4.69, 9.17) is 18.8 Å². The van der Waals surface area contributed by atoms with Gasteiger partial charge in [0, 0.05) is 0 Å². The summed E-state index contributed by atoms with van der Waals surface area (Å²) in [7, 11) is -0.378. The third kappa shape index (κ3) is 4.57. The Hall–Kier alpha value is -1.89. The van der Waals surface area contributed by atoms with Crippen LogP contribution in [-0.4, -0.2) is 32.5 Å². The molecule has 2 fully saturated rings. The lowest BCUT2D eigenvalue weighted by Crippen LogP contribution is -2.54. The molecular formula is C22H26BFO4. The predicted molar refractivity (Wildman–Crippen MR) is 106 cm³/mol. The second kappa shape index (κ2) is 9.08. The molecule has 0 bridgehead atoms. The molecule has 3 atom stereocenters. The Morgan fingerprint density at radius 3 is 2.57 bits per heavy atom. The van der Waals surface area contributed by atoms with Crippen molar-refractivity contribution >= 4 is 12.6 Å². The summed E-state index contributed by atoms with van der Waals surface area (Å²) in [5.41, 5.74) is 1.99. The summed E-state index contributed by atoms with van der Waals surface area (Å²) in [6, 6.07) is 14.5. The van der Waals surface area contributed by atoms with Gasteiger partial charge in [-0.3, -0.25) is 0 Å². The van der Waals surface area contributed by atoms with Crippen molar-refractivity contribution < 1.29 is 23.2 Å². The molecule has 6 heteroatoms. The Kier molecular flexibility index (Phi) is 6.30. The molecule has 0 amide bonds. The van der Waals surface area contributed by atoms with Crippen molar-refractivity contribution in [2.75, 3.05) is 13.2 Å². The molecule has 0 aliphatic carbocycles. The lowest BCUT2D eigenvalue weighted by molar-refractivity contribution is -0.150. The van der Waals surface area contributed by atoms with Crippen LogP contribution in [0.1, 0.15) is 44.3 Å². The number of rotatable bonds is 6. The van der Waals surface area contributed by atoms with Crippen LogP contribution in [-0.2, 0) is 14.0 Å². The first kappa shape index (κ1) is 19.4. The smallest absolute Gasteiger partial charge is 0.494 e. The van der Waals surface area contributed by atoms with Crippen molar-refractivity contribution in [3.05, 3.63) is 59.9 Å². The zero-order valence-electron chi connectivity index (χ0n) is 16.2. The molecule has 0 saturated carbocycles. The summed E-state index contributed by atoms with van der Waals surface area (Å²) in [6.07, 6.45) is 3.79. The predicted octanol–water partition coefficient (Wildman–Crippen LogP) is 4.04. The fraction of sp³-hybridized carbons (Fsp3) is 0.455. The van der Waals surface area contributed by atoms with Gasteiger partial charge in [0.15, 0.2) is 0 Å². The van der Waals surface area contributed by atoms with E-state index in [0.29, 0.717) is 6.61 Å². The highest BCUT2D eigenvalue weighted by Crippen LogP contribution is 2.34. The number of fused-ring (bicyclic) bond motifs is 1. The maximum absolute atomic E-state index is 13.1. The first-order valence-electron chi connectivity index (χ1n) is 10.1. The molecular weight excluding hydrogens is 358 g/mol. The van der Waals surface area contributed by atoms with E-state index in [9.17, 15) is 4.39 Å². The second-order valence-corrected chi connectivity index (χ2v) is 7.40. The quantitative estimate of drug-likeness (QED) is 0.557. The van der Waals surface area contributed by atoms with Crippen LogP contribution in [0.3, 0.4) is 0 Å². The molecule has 2 aromatic rings. The van der Waals surface area contributed by atoms with Crippen LogP contribution < -0.4 is 10.2 Å². The summed E-state index contributed by atoms with van der Waals surface area (Å²) in [6.45, 7) is 3.37. The van der Waals surface area contributed by atoms with Crippen molar-refractivity contribution in [3.8, 4) is 5.75 Å². The molecule has 28 heavy (non-hydrogen) atoms. The molecule has 4 rings (SSSR count). The zero-order valence-corrected chi connectivity index (χ0v) is 16.2. The Balaban J connectivity index is 1.33. The topological polar surface area (TPSA) is 36.9 Å². The standard InChI is InChI=1S/C22H26BFO4/c1-2-3-14-25-19-10-6-17(7-11-19)23-26-15-22-21(28-23)13-12-20(27-22)16-4-8-18(24)9-5-16/h4-11,20-22H,2-3,12-15H2,1H3/t20-,21+,22-/m1/s1. The molecule has 0 N–H and O–H groups in total. The highest BCUT2D eigenvalue weighted by atomic mass is 19.1. The number of unbranched alkanes of at least 4 members (excludes halogenated alkanes) is 1. The minimum atomic E-state index is -0.378. The molecule has 0 radical (unpaired) electrons. The molecule has 2 heterocycles. The maximum atomic E-state index is 13.1. The largest absolute Gasteiger partial charge is 0.494 e. The van der Waals surface area contributed by atoms with Gasteiger partial charge >= 0.3 is 7.12 Å². The van der Waals surface area contributed by atoms with Gasteiger partial charge in [-0.1, -0.05) is 37.6 Å². The molecule has 148 valence electrons. The van der Waals surface area contributed by atoms with Crippen molar-refractivity contribution in [2.45, 2.75) is 50.9 Å². The average molecular weight is 384 g/mol. The van der Waals surface area contributed by atoms with E-state index in [1.807, 2.05) is 24.3 Å². The Morgan fingerprint density at radius 2 is 1.82 bits per heavy atom. The van der Waals surface area contributed by atoms with Crippen molar-refractivity contribution in [2.24, 2.45) is 0 Å². The first-order chi connectivity index (χ1) is 13.7. The van der Waals surface area contributed by atoms with E-state index in [-0.39, 0.29) is 31.2 Å². The van der Waals surface area contributed by atoms with Crippen molar-refractivity contribution in [3.63, 3.8) is 0 Å². The number of benzene rings is 2. The van der Waals surface area contributed by atoms with Gasteiger partial charge in [0.2, 0.25) is 0 Å². The fourth-order valence-corrected chi connectivity index (χ4v) is 3.70. The maximum Gasteiger partial charge on any atom is 0.494 e. The summed E-state index contributed by atoms with van der Waals surface area (Å²) in [4.78, 5) is 0. The van der Waals surface area contributed by atoms with Crippen molar-refractivity contribution in [1.29, 1.82) is 0 Å². The van der Waals surface area contributed by atoms with E-state index in [1.165, 1.54) is 12.1 Å². The molecule has 0 spiro atoms.